The molecule has 84 valence electrons. The van der Waals surface area contributed by atoms with Crippen LogP contribution in [0.5, 0.6) is 5.75 Å². The molecule has 0 aliphatic carbocycles. The van der Waals surface area contributed by atoms with Crippen molar-refractivity contribution in [3.05, 3.63) is 23.8 Å². The normalized spacial score (nSPS) is 10.5. The maximum atomic E-state index is 5.60. The van der Waals surface area contributed by atoms with E-state index in [4.69, 9.17) is 4.74 Å². The molecule has 1 aromatic carbocycles. The first-order chi connectivity index (χ1) is 7.19. The summed E-state index contributed by atoms with van der Waals surface area (Å²) in [5.41, 5.74) is 2.44. The van der Waals surface area contributed by atoms with E-state index in [1.54, 1.807) is 0 Å². The summed E-state index contributed by atoms with van der Waals surface area (Å²) >= 11 is 0. The van der Waals surface area contributed by atoms with Crippen molar-refractivity contribution in [2.75, 3.05) is 18.5 Å². The van der Waals surface area contributed by atoms with Gasteiger partial charge in [0.05, 0.1) is 6.61 Å². The van der Waals surface area contributed by atoms with E-state index in [1.807, 2.05) is 6.92 Å². The van der Waals surface area contributed by atoms with Gasteiger partial charge >= 0.3 is 0 Å². The van der Waals surface area contributed by atoms with E-state index in [1.165, 1.54) is 11.3 Å². The van der Waals surface area contributed by atoms with Gasteiger partial charge in [-0.2, -0.15) is 0 Å². The van der Waals surface area contributed by atoms with Crippen molar-refractivity contribution in [2.24, 2.45) is 0 Å². The van der Waals surface area contributed by atoms with Crippen LogP contribution in [0.25, 0.3) is 0 Å². The summed E-state index contributed by atoms with van der Waals surface area (Å²) in [6.07, 6.45) is 0. The molecule has 2 heteroatoms. The highest BCUT2D eigenvalue weighted by atomic mass is 16.5. The van der Waals surface area contributed by atoms with Crippen LogP contribution in [0.1, 0.15) is 39.2 Å². The number of anilines is 1. The highest BCUT2D eigenvalue weighted by molar-refractivity contribution is 5.52. The number of nitrogens with one attached hydrogen (secondary N) is 1. The molecule has 1 aromatic rings. The van der Waals surface area contributed by atoms with E-state index in [0.717, 1.165) is 18.9 Å². The Morgan fingerprint density at radius 2 is 2.00 bits per heavy atom. The summed E-state index contributed by atoms with van der Waals surface area (Å²) in [6, 6.07) is 6.30. The van der Waals surface area contributed by atoms with Crippen molar-refractivity contribution in [2.45, 2.75) is 33.6 Å². The van der Waals surface area contributed by atoms with Crippen molar-refractivity contribution in [1.82, 2.24) is 0 Å². The topological polar surface area (TPSA) is 21.3 Å². The average Bonchev–Trinajstić information content (AvgIpc) is 2.21. The fourth-order valence-electron chi connectivity index (χ4n) is 1.60. The number of benzene rings is 1. The number of hydrogen-bond acceptors (Lipinski definition) is 2. The lowest BCUT2D eigenvalue weighted by atomic mass is 10.0. The van der Waals surface area contributed by atoms with Crippen LogP contribution in [0.4, 0.5) is 5.69 Å². The molecule has 0 aliphatic rings. The third kappa shape index (κ3) is 3.15. The first kappa shape index (κ1) is 11.9. The molecule has 1 N–H and O–H groups in total. The Labute approximate surface area is 92.6 Å². The van der Waals surface area contributed by atoms with Gasteiger partial charge < -0.3 is 10.1 Å². The summed E-state index contributed by atoms with van der Waals surface area (Å²) in [7, 11) is 0. The fourth-order valence-corrected chi connectivity index (χ4v) is 1.60. The van der Waals surface area contributed by atoms with Crippen LogP contribution in [0.2, 0.25) is 0 Å². The molecule has 0 fully saturated rings. The predicted octanol–water partition coefficient (Wildman–Crippen LogP) is 3.64. The average molecular weight is 207 g/mol. The fraction of sp³-hybridized carbons (Fsp3) is 0.538. The Balaban J connectivity index is 2.97. The minimum Gasteiger partial charge on any atom is -0.494 e. The number of ether oxygens (including phenoxy) is 1. The van der Waals surface area contributed by atoms with Gasteiger partial charge in [0.1, 0.15) is 5.75 Å². The van der Waals surface area contributed by atoms with Gasteiger partial charge in [-0.3, -0.25) is 0 Å². The number of rotatable bonds is 5. The Bertz CT molecular complexity index is 307. The summed E-state index contributed by atoms with van der Waals surface area (Å²) in [4.78, 5) is 0. The van der Waals surface area contributed by atoms with Crippen LogP contribution >= 0.6 is 0 Å². The molecule has 15 heavy (non-hydrogen) atoms. The SMILES string of the molecule is CCNc1ccc(OCC)c(C(C)C)c1. The maximum absolute atomic E-state index is 5.60. The van der Waals surface area contributed by atoms with Crippen molar-refractivity contribution >= 4 is 5.69 Å². The quantitative estimate of drug-likeness (QED) is 0.796. The van der Waals surface area contributed by atoms with Crippen LogP contribution in [0, 0.1) is 0 Å². The lowest BCUT2D eigenvalue weighted by Gasteiger charge is -2.15. The third-order valence-electron chi connectivity index (χ3n) is 2.31. The molecule has 0 heterocycles. The second-order valence-corrected chi connectivity index (χ2v) is 3.87. The summed E-state index contributed by atoms with van der Waals surface area (Å²) in [5, 5.41) is 3.32. The predicted molar refractivity (Wildman–Crippen MR) is 65.9 cm³/mol. The second kappa shape index (κ2) is 5.64. The third-order valence-corrected chi connectivity index (χ3v) is 2.31. The molecular formula is C13H21NO. The van der Waals surface area contributed by atoms with E-state index in [-0.39, 0.29) is 0 Å². The summed E-state index contributed by atoms with van der Waals surface area (Å²) in [5.74, 6) is 1.50. The van der Waals surface area contributed by atoms with Crippen molar-refractivity contribution in [1.29, 1.82) is 0 Å². The molecule has 0 amide bonds. The summed E-state index contributed by atoms with van der Waals surface area (Å²) < 4.78 is 5.60. The monoisotopic (exact) mass is 207 g/mol. The molecule has 0 aliphatic heterocycles. The molecule has 1 rings (SSSR count). The Hall–Kier alpha value is -1.18. The molecule has 0 aromatic heterocycles. The number of hydrogen-bond donors (Lipinski definition) is 1. The zero-order chi connectivity index (χ0) is 11.3. The Morgan fingerprint density at radius 3 is 2.53 bits per heavy atom. The highest BCUT2D eigenvalue weighted by Gasteiger charge is 2.08. The van der Waals surface area contributed by atoms with Gasteiger partial charge in [-0.25, -0.2) is 0 Å². The Kier molecular flexibility index (Phi) is 4.47. The summed E-state index contributed by atoms with van der Waals surface area (Å²) in [6.45, 7) is 10.2. The van der Waals surface area contributed by atoms with Gasteiger partial charge in [0.25, 0.3) is 0 Å². The lowest BCUT2D eigenvalue weighted by molar-refractivity contribution is 0.335. The van der Waals surface area contributed by atoms with E-state index < -0.39 is 0 Å². The molecule has 0 saturated heterocycles. The smallest absolute Gasteiger partial charge is 0.122 e. The van der Waals surface area contributed by atoms with Crippen LogP contribution in [-0.4, -0.2) is 13.2 Å². The molecule has 0 radical (unpaired) electrons. The Morgan fingerprint density at radius 1 is 1.27 bits per heavy atom. The molecule has 2 nitrogen and oxygen atoms in total. The van der Waals surface area contributed by atoms with E-state index >= 15 is 0 Å². The molecule has 0 spiro atoms. The molecule has 0 unspecified atom stereocenters. The molecule has 0 bridgehead atoms. The maximum Gasteiger partial charge on any atom is 0.122 e. The van der Waals surface area contributed by atoms with E-state index in [0.29, 0.717) is 5.92 Å². The van der Waals surface area contributed by atoms with Gasteiger partial charge in [0.2, 0.25) is 0 Å². The van der Waals surface area contributed by atoms with Crippen LogP contribution in [0.3, 0.4) is 0 Å². The van der Waals surface area contributed by atoms with Gasteiger partial charge in [0.15, 0.2) is 0 Å². The zero-order valence-electron chi connectivity index (χ0n) is 10.1. The zero-order valence-corrected chi connectivity index (χ0v) is 10.1. The van der Waals surface area contributed by atoms with Gasteiger partial charge in [-0.15, -0.1) is 0 Å². The standard InChI is InChI=1S/C13H21NO/c1-5-14-11-7-8-13(15-6-2)12(9-11)10(3)4/h7-10,14H,5-6H2,1-4H3. The lowest BCUT2D eigenvalue weighted by Crippen LogP contribution is -2.01. The largest absolute Gasteiger partial charge is 0.494 e. The van der Waals surface area contributed by atoms with Crippen molar-refractivity contribution in [3.63, 3.8) is 0 Å². The molecular weight excluding hydrogens is 186 g/mol. The highest BCUT2D eigenvalue weighted by Crippen LogP contribution is 2.29. The minimum atomic E-state index is 0.491. The van der Waals surface area contributed by atoms with E-state index in [9.17, 15) is 0 Å². The molecule has 0 saturated carbocycles. The van der Waals surface area contributed by atoms with Crippen LogP contribution in [0.15, 0.2) is 18.2 Å². The van der Waals surface area contributed by atoms with Gasteiger partial charge in [-0.05, 0) is 43.5 Å². The van der Waals surface area contributed by atoms with Gasteiger partial charge in [0, 0.05) is 12.2 Å². The van der Waals surface area contributed by atoms with Crippen LogP contribution < -0.4 is 10.1 Å². The second-order valence-electron chi connectivity index (χ2n) is 3.87. The first-order valence-corrected chi connectivity index (χ1v) is 5.69. The van der Waals surface area contributed by atoms with Crippen LogP contribution in [-0.2, 0) is 0 Å². The first-order valence-electron chi connectivity index (χ1n) is 5.69. The van der Waals surface area contributed by atoms with Crippen molar-refractivity contribution in [3.8, 4) is 5.75 Å². The van der Waals surface area contributed by atoms with Gasteiger partial charge in [-0.1, -0.05) is 13.8 Å². The van der Waals surface area contributed by atoms with Crippen molar-refractivity contribution < 1.29 is 4.74 Å². The minimum absolute atomic E-state index is 0.491. The molecule has 0 atom stereocenters. The van der Waals surface area contributed by atoms with E-state index in [2.05, 4.69) is 44.3 Å².